The number of nitrogens with zero attached hydrogens (tertiary/aromatic N) is 2. The Hall–Kier alpha value is -1.42. The molecule has 0 aliphatic heterocycles. The van der Waals surface area contributed by atoms with Crippen LogP contribution in [0.3, 0.4) is 0 Å². The molecule has 2 aromatic rings. The molecule has 80 valence electrons. The van der Waals surface area contributed by atoms with Crippen LogP contribution < -0.4 is 0 Å². The van der Waals surface area contributed by atoms with Gasteiger partial charge >= 0.3 is 0 Å². The topological polar surface area (TPSA) is 38.0 Å². The number of aliphatic hydroxyl groups excluding tert-OH is 1. The number of benzene rings is 1. The largest absolute Gasteiger partial charge is 0.392 e. The summed E-state index contributed by atoms with van der Waals surface area (Å²) in [6.07, 6.45) is 0. The molecule has 0 spiro atoms. The van der Waals surface area contributed by atoms with Gasteiger partial charge in [0.2, 0.25) is 5.95 Å². The van der Waals surface area contributed by atoms with Gasteiger partial charge in [-0.25, -0.2) is 0 Å². The molecule has 0 amide bonds. The summed E-state index contributed by atoms with van der Waals surface area (Å²) in [5, 5.41) is 13.4. The number of fused-ring (bicyclic) bond motifs is 1. The maximum atomic E-state index is 13.6. The number of rotatable bonds is 2. The molecular weight excluding hydrogens is 195 g/mol. The van der Waals surface area contributed by atoms with Crippen molar-refractivity contribution in [3.63, 3.8) is 0 Å². The molecule has 0 bridgehead atoms. The third-order valence-electron chi connectivity index (χ3n) is 2.44. The summed E-state index contributed by atoms with van der Waals surface area (Å²) in [7, 11) is 0. The molecule has 0 radical (unpaired) electrons. The van der Waals surface area contributed by atoms with Crippen molar-refractivity contribution in [1.29, 1.82) is 0 Å². The Kier molecular flexibility index (Phi) is 2.44. The first-order chi connectivity index (χ1) is 7.15. The number of hydrogen-bond donors (Lipinski definition) is 1. The highest BCUT2D eigenvalue weighted by molar-refractivity contribution is 5.82. The van der Waals surface area contributed by atoms with Crippen LogP contribution in [0.25, 0.3) is 10.9 Å². The highest BCUT2D eigenvalue weighted by Crippen LogP contribution is 2.24. The average molecular weight is 208 g/mol. The van der Waals surface area contributed by atoms with E-state index in [1.165, 1.54) is 0 Å². The van der Waals surface area contributed by atoms with Crippen molar-refractivity contribution in [3.05, 3.63) is 29.7 Å². The first-order valence-corrected chi connectivity index (χ1v) is 4.91. The van der Waals surface area contributed by atoms with Gasteiger partial charge in [-0.05, 0) is 25.5 Å². The molecule has 1 N–H and O–H groups in total. The SMILES string of the molecule is CC(C)n1nc(F)c2c(CO)cccc21. The van der Waals surface area contributed by atoms with Crippen LogP contribution in [0.1, 0.15) is 25.5 Å². The zero-order valence-electron chi connectivity index (χ0n) is 8.74. The number of hydrogen-bond acceptors (Lipinski definition) is 2. The first kappa shape index (κ1) is 10.1. The van der Waals surface area contributed by atoms with E-state index in [1.807, 2.05) is 19.9 Å². The Morgan fingerprint density at radius 2 is 2.20 bits per heavy atom. The molecule has 1 aromatic heterocycles. The van der Waals surface area contributed by atoms with E-state index in [2.05, 4.69) is 5.10 Å². The molecule has 0 atom stereocenters. The Morgan fingerprint density at radius 3 is 2.80 bits per heavy atom. The lowest BCUT2D eigenvalue weighted by molar-refractivity contribution is 0.283. The summed E-state index contributed by atoms with van der Waals surface area (Å²) in [4.78, 5) is 0. The Bertz CT molecular complexity index is 491. The normalized spacial score (nSPS) is 11.5. The molecule has 0 saturated carbocycles. The van der Waals surface area contributed by atoms with E-state index in [0.717, 1.165) is 5.52 Å². The molecule has 1 aromatic carbocycles. The Balaban J connectivity index is 2.79. The highest BCUT2D eigenvalue weighted by atomic mass is 19.1. The zero-order chi connectivity index (χ0) is 11.0. The van der Waals surface area contributed by atoms with E-state index < -0.39 is 5.95 Å². The van der Waals surface area contributed by atoms with Crippen LogP contribution in [0.15, 0.2) is 18.2 Å². The van der Waals surface area contributed by atoms with Gasteiger partial charge in [0.05, 0.1) is 17.5 Å². The Morgan fingerprint density at radius 1 is 1.47 bits per heavy atom. The van der Waals surface area contributed by atoms with Gasteiger partial charge in [-0.15, -0.1) is 5.10 Å². The Labute approximate surface area is 87.1 Å². The van der Waals surface area contributed by atoms with Crippen LogP contribution in [0, 0.1) is 5.95 Å². The van der Waals surface area contributed by atoms with E-state index in [9.17, 15) is 4.39 Å². The van der Waals surface area contributed by atoms with E-state index in [0.29, 0.717) is 10.9 Å². The van der Waals surface area contributed by atoms with Gasteiger partial charge in [-0.3, -0.25) is 4.68 Å². The fourth-order valence-corrected chi connectivity index (χ4v) is 1.74. The van der Waals surface area contributed by atoms with E-state index in [1.54, 1.807) is 16.8 Å². The minimum absolute atomic E-state index is 0.103. The molecule has 3 nitrogen and oxygen atoms in total. The van der Waals surface area contributed by atoms with Crippen LogP contribution in [0.2, 0.25) is 0 Å². The lowest BCUT2D eigenvalue weighted by Crippen LogP contribution is -2.02. The molecule has 0 fully saturated rings. The third-order valence-corrected chi connectivity index (χ3v) is 2.44. The zero-order valence-corrected chi connectivity index (χ0v) is 8.74. The van der Waals surface area contributed by atoms with Crippen molar-refractivity contribution in [2.45, 2.75) is 26.5 Å². The summed E-state index contributed by atoms with van der Waals surface area (Å²) < 4.78 is 15.2. The van der Waals surface area contributed by atoms with Crippen molar-refractivity contribution < 1.29 is 9.50 Å². The molecule has 4 heteroatoms. The summed E-state index contributed by atoms with van der Waals surface area (Å²) in [6.45, 7) is 3.72. The predicted octanol–water partition coefficient (Wildman–Crippen LogP) is 2.25. The van der Waals surface area contributed by atoms with Crippen molar-refractivity contribution in [3.8, 4) is 0 Å². The molecule has 0 aliphatic carbocycles. The van der Waals surface area contributed by atoms with Gasteiger partial charge in [0.25, 0.3) is 0 Å². The molecule has 0 saturated heterocycles. The molecule has 1 heterocycles. The standard InChI is InChI=1S/C11H13FN2O/c1-7(2)14-9-5-3-4-8(6-15)10(9)11(12)13-14/h3-5,7,15H,6H2,1-2H3. The van der Waals surface area contributed by atoms with Crippen molar-refractivity contribution >= 4 is 10.9 Å². The summed E-state index contributed by atoms with van der Waals surface area (Å²) in [6, 6.07) is 5.42. The number of halogens is 1. The maximum Gasteiger partial charge on any atom is 0.240 e. The molecule has 0 aliphatic rings. The van der Waals surface area contributed by atoms with Crippen LogP contribution in [0.5, 0.6) is 0 Å². The quantitative estimate of drug-likeness (QED) is 0.822. The van der Waals surface area contributed by atoms with Gasteiger partial charge in [0.15, 0.2) is 0 Å². The third kappa shape index (κ3) is 1.51. The minimum atomic E-state index is -0.511. The predicted molar refractivity (Wildman–Crippen MR) is 56.0 cm³/mol. The minimum Gasteiger partial charge on any atom is -0.392 e. The van der Waals surface area contributed by atoms with Gasteiger partial charge in [0.1, 0.15) is 0 Å². The van der Waals surface area contributed by atoms with Gasteiger partial charge in [0, 0.05) is 6.04 Å². The van der Waals surface area contributed by atoms with Crippen molar-refractivity contribution in [1.82, 2.24) is 9.78 Å². The lowest BCUT2D eigenvalue weighted by atomic mass is 10.1. The lowest BCUT2D eigenvalue weighted by Gasteiger charge is -2.06. The van der Waals surface area contributed by atoms with Crippen LogP contribution in [0.4, 0.5) is 4.39 Å². The molecular formula is C11H13FN2O. The van der Waals surface area contributed by atoms with Gasteiger partial charge in [-0.2, -0.15) is 4.39 Å². The summed E-state index contributed by atoms with van der Waals surface area (Å²) in [5.74, 6) is -0.511. The summed E-state index contributed by atoms with van der Waals surface area (Å²) in [5.41, 5.74) is 1.31. The van der Waals surface area contributed by atoms with E-state index in [-0.39, 0.29) is 12.6 Å². The second-order valence-corrected chi connectivity index (χ2v) is 3.80. The summed E-state index contributed by atoms with van der Waals surface area (Å²) >= 11 is 0. The van der Waals surface area contributed by atoms with Crippen LogP contribution in [-0.4, -0.2) is 14.9 Å². The fourth-order valence-electron chi connectivity index (χ4n) is 1.74. The fraction of sp³-hybridized carbons (Fsp3) is 0.364. The average Bonchev–Trinajstić information content (AvgIpc) is 2.56. The van der Waals surface area contributed by atoms with Crippen molar-refractivity contribution in [2.75, 3.05) is 0 Å². The van der Waals surface area contributed by atoms with Gasteiger partial charge in [-0.1, -0.05) is 12.1 Å². The monoisotopic (exact) mass is 208 g/mol. The second-order valence-electron chi connectivity index (χ2n) is 3.80. The molecule has 0 unspecified atom stereocenters. The van der Waals surface area contributed by atoms with Crippen molar-refractivity contribution in [2.24, 2.45) is 0 Å². The van der Waals surface area contributed by atoms with Crippen LogP contribution >= 0.6 is 0 Å². The highest BCUT2D eigenvalue weighted by Gasteiger charge is 2.14. The van der Waals surface area contributed by atoms with Gasteiger partial charge < -0.3 is 5.11 Å². The molecule has 2 rings (SSSR count). The number of aromatic nitrogens is 2. The van der Waals surface area contributed by atoms with E-state index >= 15 is 0 Å². The van der Waals surface area contributed by atoms with E-state index in [4.69, 9.17) is 5.11 Å². The second kappa shape index (κ2) is 3.62. The number of aliphatic hydroxyl groups is 1. The maximum absolute atomic E-state index is 13.6. The molecule has 15 heavy (non-hydrogen) atoms. The smallest absolute Gasteiger partial charge is 0.240 e. The van der Waals surface area contributed by atoms with Crippen LogP contribution in [-0.2, 0) is 6.61 Å². The first-order valence-electron chi connectivity index (χ1n) is 4.91.